The number of aromatic nitrogens is 3. The lowest BCUT2D eigenvalue weighted by atomic mass is 10.1. The first-order chi connectivity index (χ1) is 12.7. The zero-order chi connectivity index (χ0) is 18.6. The summed E-state index contributed by atoms with van der Waals surface area (Å²) in [6.07, 6.45) is 6.08. The summed E-state index contributed by atoms with van der Waals surface area (Å²) in [6, 6.07) is 0.233. The third-order valence-corrected chi connectivity index (χ3v) is 4.46. The van der Waals surface area contributed by atoms with Gasteiger partial charge in [-0.3, -0.25) is 4.99 Å². The van der Waals surface area contributed by atoms with Crippen molar-refractivity contribution in [3.05, 3.63) is 12.2 Å². The van der Waals surface area contributed by atoms with Crippen LogP contribution in [0.1, 0.15) is 45.9 Å². The fourth-order valence-electron chi connectivity index (χ4n) is 2.99. The van der Waals surface area contributed by atoms with E-state index in [0.29, 0.717) is 0 Å². The molecule has 1 saturated heterocycles. The number of nitrogens with zero attached hydrogens (tertiary/aromatic N) is 4. The molecule has 0 aliphatic carbocycles. The Morgan fingerprint density at radius 1 is 1.48 bits per heavy atom. The van der Waals surface area contributed by atoms with E-state index in [1.165, 1.54) is 0 Å². The first kappa shape index (κ1) is 24.1. The number of hydrogen-bond acceptors (Lipinski definition) is 5. The van der Waals surface area contributed by atoms with Gasteiger partial charge in [-0.15, -0.1) is 34.2 Å². The number of aliphatic imine (C=N–C) groups is 1. The van der Waals surface area contributed by atoms with Gasteiger partial charge in [-0.05, 0) is 33.1 Å². The molecule has 0 saturated carbocycles. The molecule has 2 atom stereocenters. The lowest BCUT2D eigenvalue weighted by Crippen LogP contribution is -2.47. The molecule has 2 N–H and O–H groups in total. The fraction of sp³-hybridized carbons (Fsp3) is 0.833. The standard InChI is InChI=1S/C18H34N6O2.HI/c1-4-17-23-21-14-24(17)11-10-20-18(19-9-7-12-25-5-2)22-15(3)16-8-6-13-26-16;/h14-16H,4-13H2,1-3H3,(H2,19,20,22);1H. The van der Waals surface area contributed by atoms with Crippen LogP contribution in [0, 0.1) is 0 Å². The van der Waals surface area contributed by atoms with E-state index in [1.807, 2.05) is 6.92 Å². The molecule has 0 bridgehead atoms. The Morgan fingerprint density at radius 2 is 2.33 bits per heavy atom. The molecule has 1 aliphatic rings. The summed E-state index contributed by atoms with van der Waals surface area (Å²) in [5.74, 6) is 1.83. The van der Waals surface area contributed by atoms with Gasteiger partial charge in [0.25, 0.3) is 0 Å². The number of aryl methyl sites for hydroxylation is 1. The van der Waals surface area contributed by atoms with E-state index in [9.17, 15) is 0 Å². The summed E-state index contributed by atoms with van der Waals surface area (Å²) in [5.41, 5.74) is 0. The lowest BCUT2D eigenvalue weighted by Gasteiger charge is -2.23. The minimum absolute atomic E-state index is 0. The van der Waals surface area contributed by atoms with Gasteiger partial charge in [0.1, 0.15) is 12.2 Å². The number of halogens is 1. The Balaban J connectivity index is 0.00000364. The van der Waals surface area contributed by atoms with Gasteiger partial charge in [-0.1, -0.05) is 6.92 Å². The third kappa shape index (κ3) is 8.73. The average Bonchev–Trinajstić information content (AvgIpc) is 3.32. The van der Waals surface area contributed by atoms with E-state index in [4.69, 9.17) is 9.47 Å². The quantitative estimate of drug-likeness (QED) is 0.212. The summed E-state index contributed by atoms with van der Waals surface area (Å²) < 4.78 is 13.2. The smallest absolute Gasteiger partial charge is 0.191 e. The minimum atomic E-state index is 0. The molecule has 1 aliphatic heterocycles. The maximum atomic E-state index is 5.78. The molecular formula is C18H35IN6O2. The van der Waals surface area contributed by atoms with Crippen LogP contribution in [-0.2, 0) is 22.4 Å². The normalized spacial score (nSPS) is 18.2. The van der Waals surface area contributed by atoms with Gasteiger partial charge < -0.3 is 24.7 Å². The van der Waals surface area contributed by atoms with E-state index in [2.05, 4.69) is 44.2 Å². The Morgan fingerprint density at radius 3 is 3.04 bits per heavy atom. The first-order valence-electron chi connectivity index (χ1n) is 9.85. The third-order valence-electron chi connectivity index (χ3n) is 4.46. The number of guanidine groups is 1. The van der Waals surface area contributed by atoms with Crippen molar-refractivity contribution in [2.24, 2.45) is 4.99 Å². The first-order valence-corrected chi connectivity index (χ1v) is 9.85. The molecule has 0 aromatic carbocycles. The maximum absolute atomic E-state index is 5.78. The molecule has 0 radical (unpaired) electrons. The molecule has 1 aromatic heterocycles. The summed E-state index contributed by atoms with van der Waals surface area (Å²) in [5, 5.41) is 15.0. The van der Waals surface area contributed by atoms with Crippen molar-refractivity contribution in [3.8, 4) is 0 Å². The van der Waals surface area contributed by atoms with Gasteiger partial charge >= 0.3 is 0 Å². The van der Waals surface area contributed by atoms with Gasteiger partial charge in [0, 0.05) is 45.9 Å². The van der Waals surface area contributed by atoms with E-state index < -0.39 is 0 Å². The molecular weight excluding hydrogens is 459 g/mol. The van der Waals surface area contributed by atoms with Gasteiger partial charge in [0.15, 0.2) is 5.96 Å². The summed E-state index contributed by atoms with van der Waals surface area (Å²) in [4.78, 5) is 4.69. The van der Waals surface area contributed by atoms with Crippen LogP contribution >= 0.6 is 24.0 Å². The highest BCUT2D eigenvalue weighted by atomic mass is 127. The van der Waals surface area contributed by atoms with Crippen LogP contribution in [0.4, 0.5) is 0 Å². The molecule has 2 heterocycles. The second-order valence-corrected chi connectivity index (χ2v) is 6.49. The van der Waals surface area contributed by atoms with Crippen LogP contribution in [0.2, 0.25) is 0 Å². The highest BCUT2D eigenvalue weighted by Crippen LogP contribution is 2.15. The van der Waals surface area contributed by atoms with Crippen molar-refractivity contribution >= 4 is 29.9 Å². The highest BCUT2D eigenvalue weighted by molar-refractivity contribution is 14.0. The van der Waals surface area contributed by atoms with Crippen molar-refractivity contribution < 1.29 is 9.47 Å². The van der Waals surface area contributed by atoms with Crippen LogP contribution in [-0.4, -0.2) is 65.8 Å². The Kier molecular flexibility index (Phi) is 12.6. The van der Waals surface area contributed by atoms with Crippen LogP contribution in [0.25, 0.3) is 0 Å². The SMILES string of the molecule is CCOCCCN=C(NCCn1cnnc1CC)NC(C)C1CCCO1.I. The van der Waals surface area contributed by atoms with E-state index in [-0.39, 0.29) is 36.1 Å². The van der Waals surface area contributed by atoms with E-state index in [1.54, 1.807) is 6.33 Å². The van der Waals surface area contributed by atoms with Crippen LogP contribution in [0.15, 0.2) is 11.3 Å². The molecule has 2 unspecified atom stereocenters. The van der Waals surface area contributed by atoms with Crippen molar-refractivity contribution in [2.75, 3.05) is 32.9 Å². The van der Waals surface area contributed by atoms with Crippen LogP contribution in [0.5, 0.6) is 0 Å². The summed E-state index contributed by atoms with van der Waals surface area (Å²) in [6.45, 7) is 10.9. The molecule has 156 valence electrons. The molecule has 9 heteroatoms. The van der Waals surface area contributed by atoms with Gasteiger partial charge in [-0.2, -0.15) is 0 Å². The van der Waals surface area contributed by atoms with Crippen LogP contribution in [0.3, 0.4) is 0 Å². The topological polar surface area (TPSA) is 85.6 Å². The molecule has 0 amide bonds. The zero-order valence-electron chi connectivity index (χ0n) is 16.8. The van der Waals surface area contributed by atoms with E-state index >= 15 is 0 Å². The van der Waals surface area contributed by atoms with Crippen molar-refractivity contribution in [1.29, 1.82) is 0 Å². The predicted molar refractivity (Wildman–Crippen MR) is 118 cm³/mol. The largest absolute Gasteiger partial charge is 0.382 e. The van der Waals surface area contributed by atoms with E-state index in [0.717, 1.165) is 76.9 Å². The Bertz CT molecular complexity index is 534. The van der Waals surface area contributed by atoms with Crippen LogP contribution < -0.4 is 10.6 Å². The molecule has 0 spiro atoms. The van der Waals surface area contributed by atoms with Gasteiger partial charge in [0.05, 0.1) is 12.1 Å². The maximum Gasteiger partial charge on any atom is 0.191 e. The molecule has 27 heavy (non-hydrogen) atoms. The van der Waals surface area contributed by atoms with Crippen molar-refractivity contribution in [2.45, 2.75) is 65.1 Å². The second-order valence-electron chi connectivity index (χ2n) is 6.49. The molecule has 1 aromatic rings. The second kappa shape index (κ2) is 14.1. The number of rotatable bonds is 11. The zero-order valence-corrected chi connectivity index (χ0v) is 19.1. The van der Waals surface area contributed by atoms with Gasteiger partial charge in [-0.25, -0.2) is 0 Å². The Labute approximate surface area is 179 Å². The summed E-state index contributed by atoms with van der Waals surface area (Å²) >= 11 is 0. The molecule has 2 rings (SSSR count). The molecule has 1 fully saturated rings. The predicted octanol–water partition coefficient (Wildman–Crippen LogP) is 1.99. The number of nitrogens with one attached hydrogen (secondary N) is 2. The lowest BCUT2D eigenvalue weighted by molar-refractivity contribution is 0.0890. The molecule has 8 nitrogen and oxygen atoms in total. The van der Waals surface area contributed by atoms with Gasteiger partial charge in [0.2, 0.25) is 0 Å². The van der Waals surface area contributed by atoms with Crippen molar-refractivity contribution in [3.63, 3.8) is 0 Å². The highest BCUT2D eigenvalue weighted by Gasteiger charge is 2.23. The average molecular weight is 494 g/mol. The fourth-order valence-corrected chi connectivity index (χ4v) is 2.99. The van der Waals surface area contributed by atoms with Crippen molar-refractivity contribution in [1.82, 2.24) is 25.4 Å². The Hall–Kier alpha value is -0.940. The summed E-state index contributed by atoms with van der Waals surface area (Å²) in [7, 11) is 0. The monoisotopic (exact) mass is 494 g/mol. The number of hydrogen-bond donors (Lipinski definition) is 2. The minimum Gasteiger partial charge on any atom is -0.382 e. The number of ether oxygens (including phenoxy) is 2.